The first kappa shape index (κ1) is 17.8. The normalized spacial score (nSPS) is 13.8. The van der Waals surface area contributed by atoms with Crippen molar-refractivity contribution >= 4 is 23.3 Å². The minimum Gasteiger partial charge on any atom is -0.497 e. The van der Waals surface area contributed by atoms with Gasteiger partial charge in [0, 0.05) is 43.1 Å². The predicted molar refractivity (Wildman–Crippen MR) is 101 cm³/mol. The smallest absolute Gasteiger partial charge is 0.321 e. The molecule has 0 saturated carbocycles. The van der Waals surface area contributed by atoms with Crippen LogP contribution in [0.1, 0.15) is 10.4 Å². The Kier molecular flexibility index (Phi) is 5.70. The average Bonchev–Trinajstić information content (AvgIpc) is 2.69. The minimum atomic E-state index is -0.213. The van der Waals surface area contributed by atoms with E-state index < -0.39 is 0 Å². The maximum absolute atomic E-state index is 12.3. The largest absolute Gasteiger partial charge is 0.497 e. The number of rotatable bonds is 4. The monoisotopic (exact) mass is 354 g/mol. The van der Waals surface area contributed by atoms with Gasteiger partial charge in [-0.1, -0.05) is 0 Å². The minimum absolute atomic E-state index is 0.123. The van der Waals surface area contributed by atoms with Crippen LogP contribution in [0.15, 0.2) is 48.5 Å². The number of ether oxygens (including phenoxy) is 1. The number of hydrogen-bond donors (Lipinski definition) is 3. The summed E-state index contributed by atoms with van der Waals surface area (Å²) < 4.78 is 5.09. The molecule has 3 rings (SSSR count). The van der Waals surface area contributed by atoms with Crippen LogP contribution in [-0.4, -0.2) is 50.1 Å². The van der Waals surface area contributed by atoms with Crippen LogP contribution in [0.2, 0.25) is 0 Å². The Morgan fingerprint density at radius 2 is 1.50 bits per heavy atom. The van der Waals surface area contributed by atoms with Crippen LogP contribution in [-0.2, 0) is 0 Å². The van der Waals surface area contributed by atoms with Crippen molar-refractivity contribution in [3.63, 3.8) is 0 Å². The van der Waals surface area contributed by atoms with Crippen LogP contribution in [0.5, 0.6) is 5.75 Å². The van der Waals surface area contributed by atoms with Gasteiger partial charge in [-0.2, -0.15) is 0 Å². The number of nitrogens with zero attached hydrogens (tertiary/aromatic N) is 1. The van der Waals surface area contributed by atoms with Crippen molar-refractivity contribution in [2.45, 2.75) is 0 Å². The van der Waals surface area contributed by atoms with Gasteiger partial charge in [-0.15, -0.1) is 0 Å². The topological polar surface area (TPSA) is 82.7 Å². The SMILES string of the molecule is COc1ccc(NC(=O)c2ccc(NC(=O)N3CCNCC3)cc2)cc1. The van der Waals surface area contributed by atoms with Gasteiger partial charge < -0.3 is 25.6 Å². The molecule has 136 valence electrons. The maximum Gasteiger partial charge on any atom is 0.321 e. The zero-order valence-electron chi connectivity index (χ0n) is 14.6. The van der Waals surface area contributed by atoms with E-state index in [0.29, 0.717) is 30.0 Å². The molecular weight excluding hydrogens is 332 g/mol. The number of nitrogens with one attached hydrogen (secondary N) is 3. The maximum atomic E-state index is 12.3. The van der Waals surface area contributed by atoms with Crippen molar-refractivity contribution in [3.8, 4) is 5.75 Å². The van der Waals surface area contributed by atoms with E-state index in [1.807, 2.05) is 0 Å². The van der Waals surface area contributed by atoms with Crippen LogP contribution in [0.25, 0.3) is 0 Å². The van der Waals surface area contributed by atoms with E-state index in [1.165, 1.54) is 0 Å². The Labute approximate surface area is 152 Å². The average molecular weight is 354 g/mol. The standard InChI is InChI=1S/C19H22N4O3/c1-26-17-8-6-15(7-9-17)21-18(24)14-2-4-16(5-3-14)22-19(25)23-12-10-20-11-13-23/h2-9,20H,10-13H2,1H3,(H,21,24)(H,22,25). The number of carbonyl (C=O) groups is 2. The molecule has 3 amide bonds. The van der Waals surface area contributed by atoms with Crippen molar-refractivity contribution in [3.05, 3.63) is 54.1 Å². The highest BCUT2D eigenvalue weighted by Gasteiger charge is 2.16. The summed E-state index contributed by atoms with van der Waals surface area (Å²) in [6, 6.07) is 13.8. The molecule has 1 saturated heterocycles. The third-order valence-electron chi connectivity index (χ3n) is 4.15. The number of methoxy groups -OCH3 is 1. The van der Waals surface area contributed by atoms with E-state index in [-0.39, 0.29) is 11.9 Å². The highest BCUT2D eigenvalue weighted by molar-refractivity contribution is 6.04. The quantitative estimate of drug-likeness (QED) is 0.787. The molecule has 3 N–H and O–H groups in total. The van der Waals surface area contributed by atoms with Gasteiger partial charge in [0.25, 0.3) is 5.91 Å². The second kappa shape index (κ2) is 8.35. The molecule has 7 nitrogen and oxygen atoms in total. The van der Waals surface area contributed by atoms with Crippen LogP contribution in [0, 0.1) is 0 Å². The van der Waals surface area contributed by atoms with Crippen molar-refractivity contribution in [2.75, 3.05) is 43.9 Å². The van der Waals surface area contributed by atoms with Crippen molar-refractivity contribution < 1.29 is 14.3 Å². The molecule has 1 aliphatic heterocycles. The van der Waals surface area contributed by atoms with Crippen LogP contribution in [0.3, 0.4) is 0 Å². The summed E-state index contributed by atoms with van der Waals surface area (Å²) in [5, 5.41) is 8.88. The zero-order valence-corrected chi connectivity index (χ0v) is 14.6. The van der Waals surface area contributed by atoms with Gasteiger partial charge in [0.2, 0.25) is 0 Å². The Morgan fingerprint density at radius 3 is 2.12 bits per heavy atom. The fraction of sp³-hybridized carbons (Fsp3) is 0.263. The highest BCUT2D eigenvalue weighted by atomic mass is 16.5. The van der Waals surface area contributed by atoms with E-state index in [9.17, 15) is 9.59 Å². The number of urea groups is 1. The first-order valence-electron chi connectivity index (χ1n) is 8.48. The molecule has 1 fully saturated rings. The lowest BCUT2D eigenvalue weighted by atomic mass is 10.2. The van der Waals surface area contributed by atoms with E-state index in [1.54, 1.807) is 60.5 Å². The molecular formula is C19H22N4O3. The summed E-state index contributed by atoms with van der Waals surface area (Å²) in [5.74, 6) is 0.516. The van der Waals surface area contributed by atoms with E-state index in [0.717, 1.165) is 18.8 Å². The highest BCUT2D eigenvalue weighted by Crippen LogP contribution is 2.17. The van der Waals surface area contributed by atoms with Gasteiger partial charge in [-0.3, -0.25) is 4.79 Å². The van der Waals surface area contributed by atoms with Crippen LogP contribution >= 0.6 is 0 Å². The molecule has 0 unspecified atom stereocenters. The number of benzene rings is 2. The summed E-state index contributed by atoms with van der Waals surface area (Å²) in [6.45, 7) is 2.98. The Hall–Kier alpha value is -3.06. The lowest BCUT2D eigenvalue weighted by Crippen LogP contribution is -2.48. The molecule has 2 aromatic carbocycles. The fourth-order valence-electron chi connectivity index (χ4n) is 2.65. The van der Waals surface area contributed by atoms with Crippen molar-refractivity contribution in [2.24, 2.45) is 0 Å². The first-order chi connectivity index (χ1) is 12.7. The predicted octanol–water partition coefficient (Wildman–Crippen LogP) is 2.38. The van der Waals surface area contributed by atoms with Gasteiger partial charge in [0.15, 0.2) is 0 Å². The van der Waals surface area contributed by atoms with Gasteiger partial charge in [0.05, 0.1) is 7.11 Å². The van der Waals surface area contributed by atoms with Gasteiger partial charge in [-0.05, 0) is 48.5 Å². The lowest BCUT2D eigenvalue weighted by molar-refractivity contribution is 0.102. The van der Waals surface area contributed by atoms with Crippen LogP contribution in [0.4, 0.5) is 16.2 Å². The molecule has 0 aliphatic carbocycles. The van der Waals surface area contributed by atoms with E-state index in [2.05, 4.69) is 16.0 Å². The third-order valence-corrected chi connectivity index (χ3v) is 4.15. The van der Waals surface area contributed by atoms with Crippen LogP contribution < -0.4 is 20.7 Å². The van der Waals surface area contributed by atoms with Gasteiger partial charge in [-0.25, -0.2) is 4.79 Å². The van der Waals surface area contributed by atoms with Crippen molar-refractivity contribution in [1.82, 2.24) is 10.2 Å². The first-order valence-corrected chi connectivity index (χ1v) is 8.48. The Bertz CT molecular complexity index is 753. The molecule has 0 spiro atoms. The molecule has 1 aliphatic rings. The van der Waals surface area contributed by atoms with E-state index >= 15 is 0 Å². The second-order valence-corrected chi connectivity index (χ2v) is 5.93. The molecule has 2 aromatic rings. The lowest BCUT2D eigenvalue weighted by Gasteiger charge is -2.27. The molecule has 26 heavy (non-hydrogen) atoms. The molecule has 7 heteroatoms. The van der Waals surface area contributed by atoms with Gasteiger partial charge in [0.1, 0.15) is 5.75 Å². The summed E-state index contributed by atoms with van der Waals surface area (Å²) in [6.07, 6.45) is 0. The van der Waals surface area contributed by atoms with E-state index in [4.69, 9.17) is 4.74 Å². The molecule has 0 bridgehead atoms. The summed E-state index contributed by atoms with van der Waals surface area (Å²) >= 11 is 0. The summed E-state index contributed by atoms with van der Waals surface area (Å²) in [4.78, 5) is 26.2. The zero-order chi connectivity index (χ0) is 18.4. The Morgan fingerprint density at radius 1 is 0.923 bits per heavy atom. The molecule has 0 atom stereocenters. The second-order valence-electron chi connectivity index (χ2n) is 5.93. The number of anilines is 2. The van der Waals surface area contributed by atoms with Crippen molar-refractivity contribution in [1.29, 1.82) is 0 Å². The molecule has 0 radical (unpaired) electrons. The number of piperazine rings is 1. The third kappa shape index (κ3) is 4.52. The number of carbonyl (C=O) groups excluding carboxylic acids is 2. The van der Waals surface area contributed by atoms with Gasteiger partial charge >= 0.3 is 6.03 Å². The fourth-order valence-corrected chi connectivity index (χ4v) is 2.65. The number of hydrogen-bond acceptors (Lipinski definition) is 4. The molecule has 1 heterocycles. The number of amides is 3. The molecule has 0 aromatic heterocycles. The summed E-state index contributed by atoms with van der Waals surface area (Å²) in [5.41, 5.74) is 1.86. The summed E-state index contributed by atoms with van der Waals surface area (Å²) in [7, 11) is 1.59. The Balaban J connectivity index is 1.57.